The van der Waals surface area contributed by atoms with Gasteiger partial charge in [0.25, 0.3) is 5.91 Å². The lowest BCUT2D eigenvalue weighted by Crippen LogP contribution is -2.14. The van der Waals surface area contributed by atoms with Crippen molar-refractivity contribution in [3.05, 3.63) is 46.9 Å². The zero-order chi connectivity index (χ0) is 14.5. The van der Waals surface area contributed by atoms with Crippen LogP contribution in [-0.4, -0.2) is 22.4 Å². The topological polar surface area (TPSA) is 66.9 Å². The van der Waals surface area contributed by atoms with Gasteiger partial charge in [0.15, 0.2) is 0 Å². The van der Waals surface area contributed by atoms with Gasteiger partial charge in [0.2, 0.25) is 0 Å². The van der Waals surface area contributed by atoms with E-state index in [2.05, 4.69) is 20.6 Å². The lowest BCUT2D eigenvalue weighted by Gasteiger charge is -2.09. The first-order valence-corrected chi connectivity index (χ1v) is 6.61. The molecule has 2 aromatic heterocycles. The first kappa shape index (κ1) is 14.3. The molecule has 0 fully saturated rings. The van der Waals surface area contributed by atoms with Gasteiger partial charge in [-0.05, 0) is 37.6 Å². The van der Waals surface area contributed by atoms with Gasteiger partial charge in [-0.3, -0.25) is 9.78 Å². The Kier molecular flexibility index (Phi) is 4.53. The molecule has 0 aliphatic carbocycles. The first-order chi connectivity index (χ1) is 9.60. The summed E-state index contributed by atoms with van der Waals surface area (Å²) in [5, 5.41) is 6.11. The smallest absolute Gasteiger partial charge is 0.255 e. The van der Waals surface area contributed by atoms with Gasteiger partial charge in [-0.25, -0.2) is 4.98 Å². The number of hydrogen-bond donors (Lipinski definition) is 2. The van der Waals surface area contributed by atoms with E-state index >= 15 is 0 Å². The second kappa shape index (κ2) is 6.34. The summed E-state index contributed by atoms with van der Waals surface area (Å²) in [5.41, 5.74) is 2.07. The van der Waals surface area contributed by atoms with Crippen LogP contribution in [0, 0.1) is 6.92 Å². The summed E-state index contributed by atoms with van der Waals surface area (Å²) < 4.78 is 0. The third-order valence-corrected chi connectivity index (χ3v) is 2.90. The van der Waals surface area contributed by atoms with Gasteiger partial charge in [-0.2, -0.15) is 0 Å². The van der Waals surface area contributed by atoms with Gasteiger partial charge in [-0.15, -0.1) is 0 Å². The number of aromatic nitrogens is 2. The molecular weight excluding hydrogens is 276 g/mol. The van der Waals surface area contributed by atoms with E-state index in [1.807, 2.05) is 19.9 Å². The highest BCUT2D eigenvalue weighted by molar-refractivity contribution is 6.30. The molecule has 0 atom stereocenters. The second-order valence-corrected chi connectivity index (χ2v) is 4.63. The van der Waals surface area contributed by atoms with Gasteiger partial charge in [0.1, 0.15) is 11.0 Å². The predicted octanol–water partition coefficient (Wildman–Crippen LogP) is 3.12. The number of carbonyl (C=O) groups is 1. The molecule has 0 saturated carbocycles. The van der Waals surface area contributed by atoms with Crippen LogP contribution in [0.25, 0.3) is 0 Å². The van der Waals surface area contributed by atoms with Crippen LogP contribution >= 0.6 is 11.6 Å². The molecule has 0 unspecified atom stereocenters. The third-order valence-electron chi connectivity index (χ3n) is 2.70. The van der Waals surface area contributed by atoms with Crippen LogP contribution in [0.5, 0.6) is 0 Å². The molecule has 5 nitrogen and oxygen atoms in total. The van der Waals surface area contributed by atoms with E-state index in [1.54, 1.807) is 18.5 Å². The maximum atomic E-state index is 12.2. The van der Waals surface area contributed by atoms with Crippen LogP contribution in [0.4, 0.5) is 11.5 Å². The van der Waals surface area contributed by atoms with Crippen LogP contribution < -0.4 is 10.6 Å². The fourth-order valence-electron chi connectivity index (χ4n) is 1.69. The van der Waals surface area contributed by atoms with E-state index < -0.39 is 0 Å². The van der Waals surface area contributed by atoms with Crippen molar-refractivity contribution in [1.29, 1.82) is 0 Å². The quantitative estimate of drug-likeness (QED) is 0.849. The fraction of sp³-hybridized carbons (Fsp3) is 0.214. The molecule has 0 bridgehead atoms. The Hall–Kier alpha value is -2.14. The summed E-state index contributed by atoms with van der Waals surface area (Å²) in [6.07, 6.45) is 3.29. The molecule has 1 amide bonds. The van der Waals surface area contributed by atoms with Crippen LogP contribution in [0.2, 0.25) is 5.15 Å². The number of nitrogens with zero attached hydrogens (tertiary/aromatic N) is 2. The maximum absolute atomic E-state index is 12.2. The van der Waals surface area contributed by atoms with E-state index in [9.17, 15) is 4.79 Å². The SMILES string of the molecule is CCNc1cc(C(=O)Nc2cnccc2C)cc(Cl)n1. The Balaban J connectivity index is 2.23. The van der Waals surface area contributed by atoms with Crippen LogP contribution in [0.15, 0.2) is 30.6 Å². The zero-order valence-electron chi connectivity index (χ0n) is 11.3. The summed E-state index contributed by atoms with van der Waals surface area (Å²) in [5.74, 6) is 0.331. The highest BCUT2D eigenvalue weighted by atomic mass is 35.5. The number of pyridine rings is 2. The van der Waals surface area contributed by atoms with Crippen molar-refractivity contribution in [2.24, 2.45) is 0 Å². The summed E-state index contributed by atoms with van der Waals surface area (Å²) in [6, 6.07) is 5.03. The van der Waals surface area contributed by atoms with Crippen molar-refractivity contribution in [3.8, 4) is 0 Å². The summed E-state index contributed by atoms with van der Waals surface area (Å²) in [7, 11) is 0. The molecule has 0 aliphatic heterocycles. The Morgan fingerprint density at radius 3 is 2.90 bits per heavy atom. The summed E-state index contributed by atoms with van der Waals surface area (Å²) in [6.45, 7) is 4.55. The van der Waals surface area contributed by atoms with E-state index in [-0.39, 0.29) is 11.1 Å². The van der Waals surface area contributed by atoms with Crippen LogP contribution in [0.1, 0.15) is 22.8 Å². The molecule has 20 heavy (non-hydrogen) atoms. The number of rotatable bonds is 4. The number of aryl methyl sites for hydroxylation is 1. The number of nitrogens with one attached hydrogen (secondary N) is 2. The average Bonchev–Trinajstić information content (AvgIpc) is 2.41. The molecule has 6 heteroatoms. The molecule has 0 spiro atoms. The van der Waals surface area contributed by atoms with Crippen molar-refractivity contribution < 1.29 is 4.79 Å². The second-order valence-electron chi connectivity index (χ2n) is 4.24. The van der Waals surface area contributed by atoms with E-state index in [1.165, 1.54) is 6.07 Å². The fourth-order valence-corrected chi connectivity index (χ4v) is 1.90. The van der Waals surface area contributed by atoms with Gasteiger partial charge >= 0.3 is 0 Å². The van der Waals surface area contributed by atoms with E-state index in [0.717, 1.165) is 5.56 Å². The number of carbonyl (C=O) groups excluding carboxylic acids is 1. The minimum Gasteiger partial charge on any atom is -0.370 e. The highest BCUT2D eigenvalue weighted by Gasteiger charge is 2.10. The van der Waals surface area contributed by atoms with Crippen molar-refractivity contribution >= 4 is 29.0 Å². The Labute approximate surface area is 122 Å². The molecule has 0 saturated heterocycles. The first-order valence-electron chi connectivity index (χ1n) is 6.23. The molecule has 2 heterocycles. The average molecular weight is 291 g/mol. The normalized spacial score (nSPS) is 10.2. The van der Waals surface area contributed by atoms with Crippen molar-refractivity contribution in [2.75, 3.05) is 17.2 Å². The number of halogens is 1. The largest absolute Gasteiger partial charge is 0.370 e. The Bertz CT molecular complexity index is 630. The predicted molar refractivity (Wildman–Crippen MR) is 80.3 cm³/mol. The van der Waals surface area contributed by atoms with Crippen molar-refractivity contribution in [2.45, 2.75) is 13.8 Å². The standard InChI is InChI=1S/C14H15ClN4O/c1-3-17-13-7-10(6-12(15)19-13)14(20)18-11-8-16-5-4-9(11)2/h4-8H,3H2,1-2H3,(H,17,19)(H,18,20). The van der Waals surface area contributed by atoms with Crippen LogP contribution in [0.3, 0.4) is 0 Å². The molecule has 0 aromatic carbocycles. The number of hydrogen-bond acceptors (Lipinski definition) is 4. The van der Waals surface area contributed by atoms with Crippen LogP contribution in [-0.2, 0) is 0 Å². The van der Waals surface area contributed by atoms with E-state index in [4.69, 9.17) is 11.6 Å². The monoisotopic (exact) mass is 290 g/mol. The Morgan fingerprint density at radius 1 is 1.40 bits per heavy atom. The molecule has 2 rings (SSSR count). The minimum absolute atomic E-state index is 0.246. The molecule has 2 N–H and O–H groups in total. The van der Waals surface area contributed by atoms with Gasteiger partial charge in [-0.1, -0.05) is 11.6 Å². The van der Waals surface area contributed by atoms with Gasteiger partial charge < -0.3 is 10.6 Å². The maximum Gasteiger partial charge on any atom is 0.255 e. The van der Waals surface area contributed by atoms with Gasteiger partial charge in [0, 0.05) is 18.3 Å². The highest BCUT2D eigenvalue weighted by Crippen LogP contribution is 2.17. The third kappa shape index (κ3) is 3.45. The van der Waals surface area contributed by atoms with E-state index in [0.29, 0.717) is 23.6 Å². The lowest BCUT2D eigenvalue weighted by molar-refractivity contribution is 0.102. The van der Waals surface area contributed by atoms with Crippen molar-refractivity contribution in [3.63, 3.8) is 0 Å². The zero-order valence-corrected chi connectivity index (χ0v) is 12.0. The minimum atomic E-state index is -0.246. The van der Waals surface area contributed by atoms with Gasteiger partial charge in [0.05, 0.1) is 11.9 Å². The molecule has 104 valence electrons. The molecule has 0 radical (unpaired) electrons. The lowest BCUT2D eigenvalue weighted by atomic mass is 10.2. The summed E-state index contributed by atoms with van der Waals surface area (Å²) in [4.78, 5) is 20.3. The van der Waals surface area contributed by atoms with Crippen molar-refractivity contribution in [1.82, 2.24) is 9.97 Å². The molecular formula is C14H15ClN4O. The number of anilines is 2. The Morgan fingerprint density at radius 2 is 2.20 bits per heavy atom. The molecule has 2 aromatic rings. The molecule has 0 aliphatic rings. The number of amides is 1. The summed E-state index contributed by atoms with van der Waals surface area (Å²) >= 11 is 5.92.